The summed E-state index contributed by atoms with van der Waals surface area (Å²) in [6.07, 6.45) is -3.59. The number of aliphatic hydroxyl groups is 2. The molecule has 0 saturated heterocycles. The lowest BCUT2D eigenvalue weighted by Gasteiger charge is -2.19. The van der Waals surface area contributed by atoms with Crippen LogP contribution in [0.1, 0.15) is 17.2 Å². The smallest absolute Gasteiger partial charge is 0.407 e. The maximum Gasteiger partial charge on any atom is 0.407 e. The summed E-state index contributed by atoms with van der Waals surface area (Å²) < 4.78 is 19.1. The average Bonchev–Trinajstić information content (AvgIpc) is 2.60. The molecule has 0 heterocycles. The highest BCUT2D eigenvalue weighted by molar-refractivity contribution is 9.10. The Morgan fingerprint density at radius 3 is 2.58 bits per heavy atom. The zero-order valence-corrected chi connectivity index (χ0v) is 14.2. The molecule has 0 radical (unpaired) electrons. The van der Waals surface area contributed by atoms with Gasteiger partial charge in [-0.25, -0.2) is 9.18 Å². The number of alkyl carbamates (subject to hydrolysis) is 1. The number of hydrogen-bond acceptors (Lipinski definition) is 4. The van der Waals surface area contributed by atoms with Crippen molar-refractivity contribution in [3.8, 4) is 0 Å². The minimum atomic E-state index is -1.48. The van der Waals surface area contributed by atoms with E-state index in [4.69, 9.17) is 4.74 Å². The molecule has 0 aliphatic rings. The van der Waals surface area contributed by atoms with Crippen molar-refractivity contribution >= 4 is 22.0 Å². The lowest BCUT2D eigenvalue weighted by molar-refractivity contribution is 0.0163. The minimum Gasteiger partial charge on any atom is -0.445 e. The minimum absolute atomic E-state index is 0.0590. The molecule has 1 amide bonds. The number of halogens is 2. The molecule has 2 atom stereocenters. The lowest BCUT2D eigenvalue weighted by atomic mass is 10.0. The van der Waals surface area contributed by atoms with Gasteiger partial charge in [0.25, 0.3) is 0 Å². The van der Waals surface area contributed by atoms with Gasteiger partial charge in [0.15, 0.2) is 0 Å². The van der Waals surface area contributed by atoms with Crippen LogP contribution in [0.25, 0.3) is 0 Å². The SMILES string of the molecule is O=C(NCC(O)C(O)c1cccc(Br)c1F)OCc1ccccc1. The van der Waals surface area contributed by atoms with E-state index in [1.165, 1.54) is 12.1 Å². The van der Waals surface area contributed by atoms with Gasteiger partial charge in [-0.2, -0.15) is 0 Å². The van der Waals surface area contributed by atoms with Gasteiger partial charge in [-0.3, -0.25) is 0 Å². The summed E-state index contributed by atoms with van der Waals surface area (Å²) in [6, 6.07) is 13.5. The molecule has 0 spiro atoms. The van der Waals surface area contributed by atoms with Gasteiger partial charge in [-0.15, -0.1) is 0 Å². The molecule has 2 unspecified atom stereocenters. The van der Waals surface area contributed by atoms with E-state index >= 15 is 0 Å². The average molecular weight is 398 g/mol. The number of amides is 1. The zero-order chi connectivity index (χ0) is 17.5. The van der Waals surface area contributed by atoms with Crippen LogP contribution in [-0.4, -0.2) is 29.0 Å². The Kier molecular flexibility index (Phi) is 6.72. The first-order valence-electron chi connectivity index (χ1n) is 7.23. The Morgan fingerprint density at radius 2 is 1.88 bits per heavy atom. The summed E-state index contributed by atoms with van der Waals surface area (Å²) in [5.41, 5.74) is 0.765. The van der Waals surface area contributed by atoms with Gasteiger partial charge in [0.1, 0.15) is 24.6 Å². The highest BCUT2D eigenvalue weighted by Crippen LogP contribution is 2.25. The van der Waals surface area contributed by atoms with Crippen molar-refractivity contribution in [2.75, 3.05) is 6.54 Å². The van der Waals surface area contributed by atoms with Crippen LogP contribution in [0.15, 0.2) is 53.0 Å². The van der Waals surface area contributed by atoms with Gasteiger partial charge in [0.2, 0.25) is 0 Å². The second kappa shape index (κ2) is 8.77. The number of aliphatic hydroxyl groups excluding tert-OH is 2. The van der Waals surface area contributed by atoms with Crippen LogP contribution < -0.4 is 5.32 Å². The predicted octanol–water partition coefficient (Wildman–Crippen LogP) is 2.91. The third-order valence-corrected chi connectivity index (χ3v) is 3.95. The van der Waals surface area contributed by atoms with E-state index in [-0.39, 0.29) is 23.2 Å². The number of hydrogen-bond donors (Lipinski definition) is 3. The van der Waals surface area contributed by atoms with Crippen LogP contribution in [0.5, 0.6) is 0 Å². The molecule has 7 heteroatoms. The van der Waals surface area contributed by atoms with E-state index in [0.717, 1.165) is 5.56 Å². The molecule has 128 valence electrons. The molecule has 0 saturated carbocycles. The second-order valence-corrected chi connectivity index (χ2v) is 5.95. The van der Waals surface area contributed by atoms with E-state index in [2.05, 4.69) is 21.2 Å². The van der Waals surface area contributed by atoms with Crippen LogP contribution in [-0.2, 0) is 11.3 Å². The molecule has 0 aliphatic heterocycles. The molecule has 3 N–H and O–H groups in total. The molecule has 2 aromatic carbocycles. The first-order valence-corrected chi connectivity index (χ1v) is 8.03. The largest absolute Gasteiger partial charge is 0.445 e. The van der Waals surface area contributed by atoms with Crippen molar-refractivity contribution in [2.45, 2.75) is 18.8 Å². The first-order chi connectivity index (χ1) is 11.5. The summed E-state index contributed by atoms with van der Waals surface area (Å²) in [4.78, 5) is 11.6. The van der Waals surface area contributed by atoms with Gasteiger partial charge in [0, 0.05) is 12.1 Å². The Bertz CT molecular complexity index is 684. The molecule has 0 aliphatic carbocycles. The number of carbonyl (C=O) groups is 1. The number of benzene rings is 2. The summed E-state index contributed by atoms with van der Waals surface area (Å²) in [7, 11) is 0. The van der Waals surface area contributed by atoms with Crippen molar-refractivity contribution in [1.82, 2.24) is 5.32 Å². The molecule has 0 fully saturated rings. The molecule has 5 nitrogen and oxygen atoms in total. The summed E-state index contributed by atoms with van der Waals surface area (Å²) in [5, 5.41) is 22.3. The number of ether oxygens (including phenoxy) is 1. The standard InChI is InChI=1S/C17H17BrFNO4/c18-13-8-4-7-12(15(13)19)16(22)14(21)9-20-17(23)24-10-11-5-2-1-3-6-11/h1-8,14,16,21-22H,9-10H2,(H,20,23). The van der Waals surface area contributed by atoms with E-state index in [9.17, 15) is 19.4 Å². The van der Waals surface area contributed by atoms with E-state index in [1.807, 2.05) is 30.3 Å². The third-order valence-electron chi connectivity index (χ3n) is 3.33. The normalized spacial score (nSPS) is 13.2. The second-order valence-electron chi connectivity index (χ2n) is 5.10. The van der Waals surface area contributed by atoms with E-state index < -0.39 is 24.1 Å². The maximum absolute atomic E-state index is 13.9. The summed E-state index contributed by atoms with van der Waals surface area (Å²) in [5.74, 6) is -0.657. The van der Waals surface area contributed by atoms with Crippen molar-refractivity contribution in [1.29, 1.82) is 0 Å². The molecular formula is C17H17BrFNO4. The third kappa shape index (κ3) is 5.02. The molecule has 2 rings (SSSR count). The fraction of sp³-hybridized carbons (Fsp3) is 0.235. The van der Waals surface area contributed by atoms with Crippen LogP contribution in [0.4, 0.5) is 9.18 Å². The topological polar surface area (TPSA) is 78.8 Å². The van der Waals surface area contributed by atoms with E-state index in [1.54, 1.807) is 6.07 Å². The Hall–Kier alpha value is -1.96. The van der Waals surface area contributed by atoms with Crippen molar-refractivity contribution in [3.63, 3.8) is 0 Å². The number of carbonyl (C=O) groups excluding carboxylic acids is 1. The highest BCUT2D eigenvalue weighted by Gasteiger charge is 2.23. The monoisotopic (exact) mass is 397 g/mol. The Labute approximate surface area is 147 Å². The molecule has 0 bridgehead atoms. The van der Waals surface area contributed by atoms with Crippen LogP contribution in [0.2, 0.25) is 0 Å². The molecule has 0 aromatic heterocycles. The number of rotatable bonds is 6. The van der Waals surface area contributed by atoms with Gasteiger partial charge in [0.05, 0.1) is 4.47 Å². The first kappa shape index (κ1) is 18.4. The number of nitrogens with one attached hydrogen (secondary N) is 1. The molecule has 2 aromatic rings. The molecular weight excluding hydrogens is 381 g/mol. The molecule has 24 heavy (non-hydrogen) atoms. The summed E-state index contributed by atoms with van der Waals surface area (Å²) in [6.45, 7) is -0.188. The van der Waals surface area contributed by atoms with Crippen LogP contribution in [0, 0.1) is 5.82 Å². The lowest BCUT2D eigenvalue weighted by Crippen LogP contribution is -2.36. The van der Waals surface area contributed by atoms with Crippen molar-refractivity contribution in [3.05, 3.63) is 69.9 Å². The van der Waals surface area contributed by atoms with E-state index in [0.29, 0.717) is 0 Å². The van der Waals surface area contributed by atoms with Gasteiger partial charge >= 0.3 is 6.09 Å². The van der Waals surface area contributed by atoms with Crippen molar-refractivity contribution in [2.24, 2.45) is 0 Å². The fourth-order valence-electron chi connectivity index (χ4n) is 2.03. The van der Waals surface area contributed by atoms with Crippen LogP contribution >= 0.6 is 15.9 Å². The predicted molar refractivity (Wildman–Crippen MR) is 89.7 cm³/mol. The quantitative estimate of drug-likeness (QED) is 0.699. The van der Waals surface area contributed by atoms with Crippen molar-refractivity contribution < 1.29 is 24.1 Å². The summed E-state index contributed by atoms with van der Waals surface area (Å²) >= 11 is 3.01. The van der Waals surface area contributed by atoms with Gasteiger partial charge in [-0.1, -0.05) is 42.5 Å². The Balaban J connectivity index is 1.82. The maximum atomic E-state index is 13.9. The van der Waals surface area contributed by atoms with Crippen LogP contribution in [0.3, 0.4) is 0 Å². The fourth-order valence-corrected chi connectivity index (χ4v) is 2.41. The highest BCUT2D eigenvalue weighted by atomic mass is 79.9. The van der Waals surface area contributed by atoms with Gasteiger partial charge < -0.3 is 20.3 Å². The van der Waals surface area contributed by atoms with Gasteiger partial charge in [-0.05, 0) is 27.6 Å². The zero-order valence-electron chi connectivity index (χ0n) is 12.7. The Morgan fingerprint density at radius 1 is 1.17 bits per heavy atom.